The van der Waals surface area contributed by atoms with Crippen LogP contribution in [0.4, 0.5) is 5.69 Å². The molecular weight excluding hydrogens is 416 g/mol. The number of hydrogen-bond acceptors (Lipinski definition) is 5. The van der Waals surface area contributed by atoms with Gasteiger partial charge in [0.05, 0.1) is 17.6 Å². The molecule has 0 aliphatic heterocycles. The van der Waals surface area contributed by atoms with E-state index in [1.165, 1.54) is 6.92 Å². The zero-order chi connectivity index (χ0) is 23.4. The molecule has 2 aromatic carbocycles. The molecular formula is C25H26N6O2. The topological polar surface area (TPSA) is 91.6 Å². The number of nitrogens with zero attached hydrogens (tertiary/aromatic N) is 4. The SMILES string of the molecule is CC(=O)Nc1cccc(-c2ccc3ncc(-c4cccc(C(=O)NCCN(C)C)c4)n3n2)c1. The first-order valence-corrected chi connectivity index (χ1v) is 10.7. The van der Waals surface area contributed by atoms with Crippen molar-refractivity contribution in [3.63, 3.8) is 0 Å². The van der Waals surface area contributed by atoms with E-state index in [1.54, 1.807) is 16.8 Å². The molecule has 0 aliphatic carbocycles. The van der Waals surface area contributed by atoms with Crippen LogP contribution in [0.25, 0.3) is 28.2 Å². The fourth-order valence-corrected chi connectivity index (χ4v) is 3.50. The van der Waals surface area contributed by atoms with Crippen LogP contribution in [0.1, 0.15) is 17.3 Å². The predicted octanol–water partition coefficient (Wildman–Crippen LogP) is 3.31. The van der Waals surface area contributed by atoms with E-state index < -0.39 is 0 Å². The Morgan fingerprint density at radius 2 is 1.79 bits per heavy atom. The Labute approximate surface area is 192 Å². The number of rotatable bonds is 7. The molecule has 8 heteroatoms. The highest BCUT2D eigenvalue weighted by molar-refractivity contribution is 5.95. The molecule has 8 nitrogen and oxygen atoms in total. The van der Waals surface area contributed by atoms with Gasteiger partial charge in [0.25, 0.3) is 5.91 Å². The van der Waals surface area contributed by atoms with Crippen molar-refractivity contribution in [3.8, 4) is 22.5 Å². The lowest BCUT2D eigenvalue weighted by Gasteiger charge is -2.11. The molecule has 0 spiro atoms. The predicted molar refractivity (Wildman–Crippen MR) is 129 cm³/mol. The molecule has 4 rings (SSSR count). The van der Waals surface area contributed by atoms with E-state index in [4.69, 9.17) is 5.10 Å². The number of amides is 2. The Hall–Kier alpha value is -4.04. The lowest BCUT2D eigenvalue weighted by Crippen LogP contribution is -2.31. The van der Waals surface area contributed by atoms with Gasteiger partial charge in [0.15, 0.2) is 5.65 Å². The lowest BCUT2D eigenvalue weighted by molar-refractivity contribution is -0.114. The van der Waals surface area contributed by atoms with E-state index in [9.17, 15) is 9.59 Å². The largest absolute Gasteiger partial charge is 0.351 e. The van der Waals surface area contributed by atoms with Gasteiger partial charge in [0.1, 0.15) is 0 Å². The third-order valence-electron chi connectivity index (χ3n) is 5.11. The van der Waals surface area contributed by atoms with Crippen molar-refractivity contribution in [2.45, 2.75) is 6.92 Å². The number of anilines is 1. The molecule has 0 fully saturated rings. The monoisotopic (exact) mass is 442 g/mol. The number of carbonyl (C=O) groups is 2. The van der Waals surface area contributed by atoms with Crippen LogP contribution in [-0.4, -0.2) is 58.5 Å². The van der Waals surface area contributed by atoms with Gasteiger partial charge in [0, 0.05) is 42.4 Å². The van der Waals surface area contributed by atoms with Crippen molar-refractivity contribution in [2.75, 3.05) is 32.5 Å². The molecule has 0 atom stereocenters. The van der Waals surface area contributed by atoms with Gasteiger partial charge in [-0.3, -0.25) is 9.59 Å². The van der Waals surface area contributed by atoms with Gasteiger partial charge in [-0.05, 0) is 50.5 Å². The number of hydrogen-bond donors (Lipinski definition) is 2. The van der Waals surface area contributed by atoms with Crippen molar-refractivity contribution < 1.29 is 9.59 Å². The Morgan fingerprint density at radius 3 is 2.58 bits per heavy atom. The van der Waals surface area contributed by atoms with E-state index in [-0.39, 0.29) is 11.8 Å². The smallest absolute Gasteiger partial charge is 0.251 e. The summed E-state index contributed by atoms with van der Waals surface area (Å²) in [5.74, 6) is -0.242. The number of aromatic nitrogens is 3. The van der Waals surface area contributed by atoms with Crippen molar-refractivity contribution in [1.82, 2.24) is 24.8 Å². The number of fused-ring (bicyclic) bond motifs is 1. The Morgan fingerprint density at radius 1 is 1.00 bits per heavy atom. The van der Waals surface area contributed by atoms with Crippen LogP contribution in [0.3, 0.4) is 0 Å². The standard InChI is InChI=1S/C25H26N6O2/c1-17(32)28-21-9-5-6-18(15-21)22-10-11-24-27-16-23(31(24)29-22)19-7-4-8-20(14-19)25(33)26-12-13-30(2)3/h4-11,14-16H,12-13H2,1-3H3,(H,26,33)(H,28,32). The van der Waals surface area contributed by atoms with Gasteiger partial charge < -0.3 is 15.5 Å². The quantitative estimate of drug-likeness (QED) is 0.458. The summed E-state index contributed by atoms with van der Waals surface area (Å²) >= 11 is 0. The normalized spacial score (nSPS) is 11.0. The first-order chi connectivity index (χ1) is 15.9. The average Bonchev–Trinajstić information content (AvgIpc) is 3.22. The van der Waals surface area contributed by atoms with Gasteiger partial charge in [0.2, 0.25) is 5.91 Å². The van der Waals surface area contributed by atoms with E-state index >= 15 is 0 Å². The highest BCUT2D eigenvalue weighted by Crippen LogP contribution is 2.25. The maximum Gasteiger partial charge on any atom is 0.251 e. The summed E-state index contributed by atoms with van der Waals surface area (Å²) in [4.78, 5) is 30.4. The molecule has 0 saturated heterocycles. The number of carbonyl (C=O) groups excluding carboxylic acids is 2. The third-order valence-corrected chi connectivity index (χ3v) is 5.11. The second kappa shape index (κ2) is 9.62. The van der Waals surface area contributed by atoms with E-state index in [0.717, 1.165) is 29.1 Å². The Bertz CT molecular complexity index is 1310. The summed E-state index contributed by atoms with van der Waals surface area (Å²) in [6.07, 6.45) is 1.75. The van der Waals surface area contributed by atoms with Crippen LogP contribution >= 0.6 is 0 Å². The van der Waals surface area contributed by atoms with Crippen molar-refractivity contribution in [2.24, 2.45) is 0 Å². The summed E-state index contributed by atoms with van der Waals surface area (Å²) in [7, 11) is 3.93. The molecule has 33 heavy (non-hydrogen) atoms. The molecule has 0 bridgehead atoms. The van der Waals surface area contributed by atoms with Crippen LogP contribution < -0.4 is 10.6 Å². The molecule has 2 N–H and O–H groups in total. The minimum Gasteiger partial charge on any atom is -0.351 e. The first-order valence-electron chi connectivity index (χ1n) is 10.7. The van der Waals surface area contributed by atoms with Crippen LogP contribution in [0, 0.1) is 0 Å². The zero-order valence-corrected chi connectivity index (χ0v) is 18.9. The summed E-state index contributed by atoms with van der Waals surface area (Å²) in [6, 6.07) is 18.8. The minimum atomic E-state index is -0.127. The first kappa shape index (κ1) is 22.2. The Balaban J connectivity index is 1.65. The van der Waals surface area contributed by atoms with Gasteiger partial charge in [-0.25, -0.2) is 9.50 Å². The van der Waals surface area contributed by atoms with Gasteiger partial charge in [-0.1, -0.05) is 24.3 Å². The second-order valence-corrected chi connectivity index (χ2v) is 8.03. The Kier molecular flexibility index (Phi) is 6.46. The molecule has 2 heterocycles. The summed E-state index contributed by atoms with van der Waals surface area (Å²) in [5, 5.41) is 10.5. The average molecular weight is 443 g/mol. The molecule has 4 aromatic rings. The fourth-order valence-electron chi connectivity index (χ4n) is 3.50. The van der Waals surface area contributed by atoms with Gasteiger partial charge >= 0.3 is 0 Å². The van der Waals surface area contributed by atoms with Gasteiger partial charge in [-0.15, -0.1) is 0 Å². The fraction of sp³-hybridized carbons (Fsp3) is 0.200. The van der Waals surface area contributed by atoms with E-state index in [0.29, 0.717) is 23.4 Å². The minimum absolute atomic E-state index is 0.115. The molecule has 0 saturated carbocycles. The highest BCUT2D eigenvalue weighted by Gasteiger charge is 2.12. The summed E-state index contributed by atoms with van der Waals surface area (Å²) in [5.41, 5.74) is 5.24. The maximum atomic E-state index is 12.6. The number of benzene rings is 2. The molecule has 2 amide bonds. The maximum absolute atomic E-state index is 12.6. The molecule has 168 valence electrons. The van der Waals surface area contributed by atoms with Crippen LogP contribution in [0.5, 0.6) is 0 Å². The lowest BCUT2D eigenvalue weighted by atomic mass is 10.1. The number of likely N-dealkylation sites (N-methyl/N-ethyl adjacent to an activating group) is 1. The zero-order valence-electron chi connectivity index (χ0n) is 18.9. The molecule has 2 aromatic heterocycles. The van der Waals surface area contributed by atoms with E-state index in [2.05, 4.69) is 15.6 Å². The van der Waals surface area contributed by atoms with Crippen LogP contribution in [-0.2, 0) is 4.79 Å². The molecule has 0 unspecified atom stereocenters. The van der Waals surface area contributed by atoms with Gasteiger partial charge in [-0.2, -0.15) is 5.10 Å². The van der Waals surface area contributed by atoms with Crippen molar-refractivity contribution in [1.29, 1.82) is 0 Å². The molecule has 0 radical (unpaired) electrons. The van der Waals surface area contributed by atoms with E-state index in [1.807, 2.05) is 73.6 Å². The van der Waals surface area contributed by atoms with Crippen LogP contribution in [0.15, 0.2) is 66.9 Å². The summed E-state index contributed by atoms with van der Waals surface area (Å²) in [6.45, 7) is 2.83. The highest BCUT2D eigenvalue weighted by atomic mass is 16.2. The number of nitrogens with one attached hydrogen (secondary N) is 2. The number of imidazole rings is 1. The van der Waals surface area contributed by atoms with Crippen molar-refractivity contribution >= 4 is 23.1 Å². The second-order valence-electron chi connectivity index (χ2n) is 8.03. The third kappa shape index (κ3) is 5.24. The molecule has 0 aliphatic rings. The van der Waals surface area contributed by atoms with Crippen molar-refractivity contribution in [3.05, 3.63) is 72.4 Å². The van der Waals surface area contributed by atoms with Crippen LogP contribution in [0.2, 0.25) is 0 Å². The summed E-state index contributed by atoms with van der Waals surface area (Å²) < 4.78 is 1.77.